The summed E-state index contributed by atoms with van der Waals surface area (Å²) < 4.78 is 0. The second-order valence-electron chi connectivity index (χ2n) is 5.38. The molecule has 1 saturated carbocycles. The maximum Gasteiger partial charge on any atom is 0.00961 e. The molecule has 2 heteroatoms. The molecule has 1 N–H and O–H groups in total. The minimum absolute atomic E-state index is 0.741. The first-order valence-electron chi connectivity index (χ1n) is 7.14. The molecule has 0 heterocycles. The molecule has 0 bridgehead atoms. The fraction of sp³-hybridized carbons (Fsp3) is 1.00. The number of nitrogens with zero attached hydrogens (tertiary/aromatic N) is 1. The van der Waals surface area contributed by atoms with Gasteiger partial charge in [0.2, 0.25) is 0 Å². The summed E-state index contributed by atoms with van der Waals surface area (Å²) in [6, 6.07) is 2.36. The Balaban J connectivity index is 2.25. The van der Waals surface area contributed by atoms with Crippen molar-refractivity contribution < 1.29 is 0 Å². The van der Waals surface area contributed by atoms with Crippen LogP contribution in [0.3, 0.4) is 0 Å². The lowest BCUT2D eigenvalue weighted by Crippen LogP contribution is -2.44. The van der Waals surface area contributed by atoms with Crippen LogP contribution in [0.4, 0.5) is 0 Å². The van der Waals surface area contributed by atoms with Crippen LogP contribution in [0.5, 0.6) is 0 Å². The molecule has 2 nitrogen and oxygen atoms in total. The van der Waals surface area contributed by atoms with Crippen molar-refractivity contribution in [3.05, 3.63) is 0 Å². The lowest BCUT2D eigenvalue weighted by molar-refractivity contribution is 0.132. The molecule has 1 atom stereocenters. The first kappa shape index (κ1) is 14.0. The standard InChI is InChI=1S/C14H30N2/c1-5-11-15-13-7-9-14(10-8-13)16(4)12(3)6-2/h12-15H,5-11H2,1-4H3. The van der Waals surface area contributed by atoms with Gasteiger partial charge in [0.05, 0.1) is 0 Å². The minimum atomic E-state index is 0.741. The summed E-state index contributed by atoms with van der Waals surface area (Å²) in [6.07, 6.45) is 8.01. The molecular formula is C14H30N2. The zero-order chi connectivity index (χ0) is 12.0. The van der Waals surface area contributed by atoms with Crippen LogP contribution in [0.25, 0.3) is 0 Å². The van der Waals surface area contributed by atoms with Gasteiger partial charge in [-0.05, 0) is 59.0 Å². The van der Waals surface area contributed by atoms with Gasteiger partial charge in [0.1, 0.15) is 0 Å². The van der Waals surface area contributed by atoms with E-state index in [1.165, 1.54) is 45.1 Å². The first-order valence-corrected chi connectivity index (χ1v) is 7.14. The van der Waals surface area contributed by atoms with Gasteiger partial charge >= 0.3 is 0 Å². The van der Waals surface area contributed by atoms with E-state index < -0.39 is 0 Å². The van der Waals surface area contributed by atoms with E-state index in [1.54, 1.807) is 0 Å². The van der Waals surface area contributed by atoms with Crippen molar-refractivity contribution in [2.45, 2.75) is 77.4 Å². The van der Waals surface area contributed by atoms with E-state index in [2.05, 4.69) is 38.0 Å². The maximum atomic E-state index is 3.66. The molecule has 96 valence electrons. The van der Waals surface area contributed by atoms with Crippen LogP contribution in [0.1, 0.15) is 59.3 Å². The molecule has 1 fully saturated rings. The van der Waals surface area contributed by atoms with Gasteiger partial charge in [0.25, 0.3) is 0 Å². The van der Waals surface area contributed by atoms with E-state index >= 15 is 0 Å². The van der Waals surface area contributed by atoms with Crippen molar-refractivity contribution >= 4 is 0 Å². The fourth-order valence-electron chi connectivity index (χ4n) is 2.68. The predicted molar refractivity (Wildman–Crippen MR) is 71.9 cm³/mol. The molecule has 0 saturated heterocycles. The topological polar surface area (TPSA) is 15.3 Å². The molecule has 0 radical (unpaired) electrons. The molecule has 0 aromatic rings. The van der Waals surface area contributed by atoms with E-state index in [1.807, 2.05) is 0 Å². The van der Waals surface area contributed by atoms with Crippen molar-refractivity contribution in [2.24, 2.45) is 0 Å². The molecule has 1 aliphatic carbocycles. The van der Waals surface area contributed by atoms with Gasteiger partial charge in [-0.2, -0.15) is 0 Å². The monoisotopic (exact) mass is 226 g/mol. The third kappa shape index (κ3) is 4.06. The summed E-state index contributed by atoms with van der Waals surface area (Å²) in [7, 11) is 2.30. The van der Waals surface area contributed by atoms with Crippen molar-refractivity contribution in [3.8, 4) is 0 Å². The number of hydrogen-bond acceptors (Lipinski definition) is 2. The Morgan fingerprint density at radius 1 is 1.19 bits per heavy atom. The average molecular weight is 226 g/mol. The largest absolute Gasteiger partial charge is 0.314 e. The lowest BCUT2D eigenvalue weighted by Gasteiger charge is -2.38. The van der Waals surface area contributed by atoms with Crippen LogP contribution in [0, 0.1) is 0 Å². The highest BCUT2D eigenvalue weighted by atomic mass is 15.2. The summed E-state index contributed by atoms with van der Waals surface area (Å²) in [5.41, 5.74) is 0. The van der Waals surface area contributed by atoms with Gasteiger partial charge in [-0.25, -0.2) is 0 Å². The summed E-state index contributed by atoms with van der Waals surface area (Å²) in [5.74, 6) is 0. The maximum absolute atomic E-state index is 3.66. The Hall–Kier alpha value is -0.0800. The number of hydrogen-bond donors (Lipinski definition) is 1. The molecule has 0 aromatic heterocycles. The van der Waals surface area contributed by atoms with Gasteiger partial charge in [-0.15, -0.1) is 0 Å². The third-order valence-corrected chi connectivity index (χ3v) is 4.24. The van der Waals surface area contributed by atoms with E-state index in [4.69, 9.17) is 0 Å². The second kappa shape index (κ2) is 7.29. The Bertz CT molecular complexity index is 174. The predicted octanol–water partition coefficient (Wildman–Crippen LogP) is 3.03. The zero-order valence-electron chi connectivity index (χ0n) is 11.6. The van der Waals surface area contributed by atoms with Crippen LogP contribution in [0.15, 0.2) is 0 Å². The molecule has 0 aliphatic heterocycles. The van der Waals surface area contributed by atoms with Gasteiger partial charge in [-0.3, -0.25) is 0 Å². The van der Waals surface area contributed by atoms with Crippen molar-refractivity contribution in [1.82, 2.24) is 10.2 Å². The van der Waals surface area contributed by atoms with Gasteiger partial charge < -0.3 is 10.2 Å². The quantitative estimate of drug-likeness (QED) is 0.749. The van der Waals surface area contributed by atoms with Crippen molar-refractivity contribution in [3.63, 3.8) is 0 Å². The van der Waals surface area contributed by atoms with Crippen LogP contribution >= 0.6 is 0 Å². The normalized spacial score (nSPS) is 28.3. The van der Waals surface area contributed by atoms with Crippen LogP contribution < -0.4 is 5.32 Å². The molecule has 1 unspecified atom stereocenters. The van der Waals surface area contributed by atoms with E-state index in [-0.39, 0.29) is 0 Å². The summed E-state index contributed by atoms with van der Waals surface area (Å²) >= 11 is 0. The van der Waals surface area contributed by atoms with E-state index in [0.29, 0.717) is 0 Å². The molecule has 0 aromatic carbocycles. The Morgan fingerprint density at radius 3 is 2.31 bits per heavy atom. The zero-order valence-corrected chi connectivity index (χ0v) is 11.6. The average Bonchev–Trinajstić information content (AvgIpc) is 2.35. The molecule has 0 amide bonds. The highest BCUT2D eigenvalue weighted by Crippen LogP contribution is 2.24. The van der Waals surface area contributed by atoms with Gasteiger partial charge in [-0.1, -0.05) is 13.8 Å². The van der Waals surface area contributed by atoms with Crippen molar-refractivity contribution in [2.75, 3.05) is 13.6 Å². The molecule has 0 spiro atoms. The van der Waals surface area contributed by atoms with Crippen LogP contribution in [-0.2, 0) is 0 Å². The first-order chi connectivity index (χ1) is 7.69. The lowest BCUT2D eigenvalue weighted by atomic mass is 9.89. The smallest absolute Gasteiger partial charge is 0.00961 e. The molecule has 1 rings (SSSR count). The summed E-state index contributed by atoms with van der Waals surface area (Å²) in [6.45, 7) is 8.07. The highest BCUT2D eigenvalue weighted by molar-refractivity contribution is 4.83. The van der Waals surface area contributed by atoms with Gasteiger partial charge in [0.15, 0.2) is 0 Å². The second-order valence-corrected chi connectivity index (χ2v) is 5.38. The third-order valence-electron chi connectivity index (χ3n) is 4.24. The van der Waals surface area contributed by atoms with Gasteiger partial charge in [0, 0.05) is 18.1 Å². The Labute approximate surface area is 102 Å². The number of rotatable bonds is 6. The molecule has 1 aliphatic rings. The van der Waals surface area contributed by atoms with Crippen molar-refractivity contribution in [1.29, 1.82) is 0 Å². The molecular weight excluding hydrogens is 196 g/mol. The Kier molecular flexibility index (Phi) is 6.37. The summed E-state index contributed by atoms with van der Waals surface area (Å²) in [5, 5.41) is 3.66. The molecule has 16 heavy (non-hydrogen) atoms. The number of nitrogens with one attached hydrogen (secondary N) is 1. The summed E-state index contributed by atoms with van der Waals surface area (Å²) in [4.78, 5) is 2.59. The highest BCUT2D eigenvalue weighted by Gasteiger charge is 2.25. The minimum Gasteiger partial charge on any atom is -0.314 e. The Morgan fingerprint density at radius 2 is 1.81 bits per heavy atom. The van der Waals surface area contributed by atoms with E-state index in [9.17, 15) is 0 Å². The van der Waals surface area contributed by atoms with E-state index in [0.717, 1.165) is 18.1 Å². The van der Waals surface area contributed by atoms with Crippen LogP contribution in [-0.4, -0.2) is 36.6 Å². The van der Waals surface area contributed by atoms with Crippen LogP contribution in [0.2, 0.25) is 0 Å². The fourth-order valence-corrected chi connectivity index (χ4v) is 2.68. The SMILES string of the molecule is CCCNC1CCC(N(C)C(C)CC)CC1.